The molecule has 0 unspecified atom stereocenters. The minimum atomic E-state index is 0.00920. The van der Waals surface area contributed by atoms with E-state index >= 15 is 0 Å². The van der Waals surface area contributed by atoms with E-state index in [9.17, 15) is 4.79 Å². The molecule has 0 radical (unpaired) electrons. The summed E-state index contributed by atoms with van der Waals surface area (Å²) >= 11 is 1.58. The van der Waals surface area contributed by atoms with E-state index in [1.165, 1.54) is 4.80 Å². The number of tetrazole rings is 1. The first-order valence-electron chi connectivity index (χ1n) is 8.04. The number of carbonyl (C=O) groups excluding carboxylic acids is 1. The van der Waals surface area contributed by atoms with Crippen molar-refractivity contribution in [1.82, 2.24) is 30.1 Å². The fourth-order valence-electron chi connectivity index (χ4n) is 2.76. The fraction of sp³-hybridized carbons (Fsp3) is 0.312. The van der Waals surface area contributed by atoms with Crippen LogP contribution < -0.4 is 4.90 Å². The van der Waals surface area contributed by atoms with Crippen molar-refractivity contribution in [1.29, 1.82) is 0 Å². The second-order valence-corrected chi connectivity index (χ2v) is 6.49. The number of thiophene rings is 1. The number of hydrogen-bond donors (Lipinski definition) is 0. The van der Waals surface area contributed by atoms with Crippen LogP contribution in [0.3, 0.4) is 0 Å². The van der Waals surface area contributed by atoms with Gasteiger partial charge in [-0.1, -0.05) is 6.07 Å². The first-order valence-corrected chi connectivity index (χ1v) is 8.98. The van der Waals surface area contributed by atoms with Gasteiger partial charge < -0.3 is 9.80 Å². The van der Waals surface area contributed by atoms with E-state index < -0.39 is 0 Å². The van der Waals surface area contributed by atoms with Crippen molar-refractivity contribution in [3.8, 4) is 11.4 Å². The lowest BCUT2D eigenvalue weighted by Gasteiger charge is -2.35. The highest BCUT2D eigenvalue weighted by molar-refractivity contribution is 7.08. The van der Waals surface area contributed by atoms with Gasteiger partial charge in [-0.3, -0.25) is 4.79 Å². The third-order valence-electron chi connectivity index (χ3n) is 4.11. The molecular weight excluding hydrogens is 338 g/mol. The Morgan fingerprint density at radius 1 is 1.16 bits per heavy atom. The largest absolute Gasteiger partial charge is 0.353 e. The van der Waals surface area contributed by atoms with Crippen LogP contribution in [0.15, 0.2) is 41.2 Å². The van der Waals surface area contributed by atoms with Crippen molar-refractivity contribution >= 4 is 23.1 Å². The Hall–Kier alpha value is -2.81. The molecule has 0 aromatic carbocycles. The van der Waals surface area contributed by atoms with Crippen molar-refractivity contribution < 1.29 is 4.79 Å². The van der Waals surface area contributed by atoms with Crippen molar-refractivity contribution in [3.05, 3.63) is 41.2 Å². The highest BCUT2D eigenvalue weighted by Crippen LogP contribution is 2.17. The van der Waals surface area contributed by atoms with Gasteiger partial charge in [0, 0.05) is 43.3 Å². The standard InChI is InChI=1S/C16H17N7OS/c24-15(11-23-19-16(18-20-23)13-4-10-25-12-13)22-8-6-21(7-9-22)14-3-1-2-5-17-14/h1-5,10,12H,6-9,11H2. The van der Waals surface area contributed by atoms with Crippen LogP contribution in [-0.4, -0.2) is 62.2 Å². The Bertz CT molecular complexity index is 825. The molecule has 0 bridgehead atoms. The van der Waals surface area contributed by atoms with E-state index in [1.807, 2.05) is 39.9 Å². The van der Waals surface area contributed by atoms with Crippen LogP contribution in [0, 0.1) is 0 Å². The third kappa shape index (κ3) is 3.50. The van der Waals surface area contributed by atoms with Gasteiger partial charge in [0.05, 0.1) is 0 Å². The molecule has 0 N–H and O–H groups in total. The van der Waals surface area contributed by atoms with Gasteiger partial charge in [0.2, 0.25) is 11.7 Å². The number of piperazine rings is 1. The molecule has 0 saturated carbocycles. The molecule has 1 saturated heterocycles. The monoisotopic (exact) mass is 355 g/mol. The van der Waals surface area contributed by atoms with Crippen LogP contribution in [0.25, 0.3) is 11.4 Å². The Kier molecular flexibility index (Phi) is 4.38. The Labute approximate surface area is 148 Å². The number of nitrogens with zero attached hydrogens (tertiary/aromatic N) is 7. The summed E-state index contributed by atoms with van der Waals surface area (Å²) < 4.78 is 0. The zero-order valence-corrected chi connectivity index (χ0v) is 14.3. The first kappa shape index (κ1) is 15.7. The van der Waals surface area contributed by atoms with Gasteiger partial charge >= 0.3 is 0 Å². The van der Waals surface area contributed by atoms with E-state index in [4.69, 9.17) is 0 Å². The normalized spacial score (nSPS) is 14.7. The van der Waals surface area contributed by atoms with Gasteiger partial charge in [-0.25, -0.2) is 4.98 Å². The van der Waals surface area contributed by atoms with Gasteiger partial charge in [0.25, 0.3) is 0 Å². The minimum absolute atomic E-state index is 0.00920. The zero-order valence-electron chi connectivity index (χ0n) is 13.5. The van der Waals surface area contributed by atoms with Crippen LogP contribution in [0.2, 0.25) is 0 Å². The van der Waals surface area contributed by atoms with E-state index in [2.05, 4.69) is 25.3 Å². The molecule has 3 aromatic rings. The number of aromatic nitrogens is 5. The number of anilines is 1. The predicted octanol–water partition coefficient (Wildman–Crippen LogP) is 1.15. The average molecular weight is 355 g/mol. The molecule has 128 valence electrons. The molecule has 25 heavy (non-hydrogen) atoms. The SMILES string of the molecule is O=C(Cn1nnc(-c2ccsc2)n1)N1CCN(c2ccccn2)CC1. The molecule has 0 spiro atoms. The number of rotatable bonds is 4. The molecule has 1 aliphatic heterocycles. The molecule has 4 heterocycles. The van der Waals surface area contributed by atoms with Crippen molar-refractivity contribution in [2.75, 3.05) is 31.1 Å². The minimum Gasteiger partial charge on any atom is -0.353 e. The second-order valence-electron chi connectivity index (χ2n) is 5.71. The summed E-state index contributed by atoms with van der Waals surface area (Å²) in [4.78, 5) is 22.2. The highest BCUT2D eigenvalue weighted by Gasteiger charge is 2.22. The second kappa shape index (κ2) is 6.98. The van der Waals surface area contributed by atoms with Crippen molar-refractivity contribution in [2.24, 2.45) is 0 Å². The lowest BCUT2D eigenvalue weighted by atomic mass is 10.3. The summed E-state index contributed by atoms with van der Waals surface area (Å²) in [7, 11) is 0. The lowest BCUT2D eigenvalue weighted by molar-refractivity contribution is -0.132. The van der Waals surface area contributed by atoms with Gasteiger partial charge in [-0.05, 0) is 28.8 Å². The molecule has 9 heteroatoms. The van der Waals surface area contributed by atoms with Gasteiger partial charge in [-0.15, -0.1) is 10.2 Å². The summed E-state index contributed by atoms with van der Waals surface area (Å²) in [6, 6.07) is 7.80. The van der Waals surface area contributed by atoms with Crippen LogP contribution in [0.4, 0.5) is 5.82 Å². The van der Waals surface area contributed by atoms with Crippen LogP contribution >= 0.6 is 11.3 Å². The van der Waals surface area contributed by atoms with E-state index in [-0.39, 0.29) is 12.5 Å². The molecule has 8 nitrogen and oxygen atoms in total. The van der Waals surface area contributed by atoms with Crippen LogP contribution in [-0.2, 0) is 11.3 Å². The predicted molar refractivity (Wildman–Crippen MR) is 94.2 cm³/mol. The summed E-state index contributed by atoms with van der Waals surface area (Å²) in [5.74, 6) is 1.51. The molecule has 4 rings (SSSR count). The molecule has 0 aliphatic carbocycles. The van der Waals surface area contributed by atoms with Crippen molar-refractivity contribution in [3.63, 3.8) is 0 Å². The Morgan fingerprint density at radius 3 is 2.76 bits per heavy atom. The zero-order chi connectivity index (χ0) is 17.1. The average Bonchev–Trinajstić information content (AvgIpc) is 3.34. The number of hydrogen-bond acceptors (Lipinski definition) is 7. The summed E-state index contributed by atoms with van der Waals surface area (Å²) in [5.41, 5.74) is 0.924. The fourth-order valence-corrected chi connectivity index (χ4v) is 3.40. The molecule has 1 amide bonds. The van der Waals surface area contributed by atoms with Crippen molar-refractivity contribution in [2.45, 2.75) is 6.54 Å². The topological polar surface area (TPSA) is 80.0 Å². The lowest BCUT2D eigenvalue weighted by Crippen LogP contribution is -2.50. The van der Waals surface area contributed by atoms with E-state index in [1.54, 1.807) is 17.5 Å². The summed E-state index contributed by atoms with van der Waals surface area (Å²) in [6.07, 6.45) is 1.79. The maximum atomic E-state index is 12.5. The maximum absolute atomic E-state index is 12.5. The Balaban J connectivity index is 1.34. The van der Waals surface area contributed by atoms with Crippen LogP contribution in [0.1, 0.15) is 0 Å². The molecular formula is C16H17N7OS. The maximum Gasteiger partial charge on any atom is 0.246 e. The van der Waals surface area contributed by atoms with E-state index in [0.29, 0.717) is 18.9 Å². The molecule has 3 aromatic heterocycles. The van der Waals surface area contributed by atoms with Gasteiger partial charge in [0.1, 0.15) is 12.4 Å². The highest BCUT2D eigenvalue weighted by atomic mass is 32.1. The number of carbonyl (C=O) groups is 1. The smallest absolute Gasteiger partial charge is 0.246 e. The first-order chi connectivity index (χ1) is 12.3. The number of amides is 1. The summed E-state index contributed by atoms with van der Waals surface area (Å²) in [5, 5.41) is 16.2. The third-order valence-corrected chi connectivity index (χ3v) is 4.80. The molecule has 1 fully saturated rings. The Morgan fingerprint density at radius 2 is 2.04 bits per heavy atom. The van der Waals surface area contributed by atoms with E-state index in [0.717, 1.165) is 24.5 Å². The molecule has 1 aliphatic rings. The van der Waals surface area contributed by atoms with Crippen LogP contribution in [0.5, 0.6) is 0 Å². The molecule has 0 atom stereocenters. The van der Waals surface area contributed by atoms with Gasteiger partial charge in [-0.2, -0.15) is 16.1 Å². The van der Waals surface area contributed by atoms with Gasteiger partial charge in [0.15, 0.2) is 0 Å². The quantitative estimate of drug-likeness (QED) is 0.698. The number of pyridine rings is 1. The summed E-state index contributed by atoms with van der Waals surface area (Å²) in [6.45, 7) is 2.99.